The number of aliphatic hydroxyl groups is 1. The lowest BCUT2D eigenvalue weighted by Crippen LogP contribution is -2.54. The molecule has 0 spiro atoms. The first-order valence-corrected chi connectivity index (χ1v) is 13.7. The third-order valence-corrected chi connectivity index (χ3v) is 11.7. The summed E-state index contributed by atoms with van der Waals surface area (Å²) in [6.07, 6.45) is 12.2. The van der Waals surface area contributed by atoms with Crippen LogP contribution >= 0.6 is 0 Å². The molecule has 7 atom stereocenters. The number of allylic oxidation sites excluding steroid dienone is 5. The van der Waals surface area contributed by atoms with Crippen molar-refractivity contribution in [3.05, 3.63) is 35.5 Å². The van der Waals surface area contributed by atoms with E-state index >= 15 is 0 Å². The maximum atomic E-state index is 12.5. The maximum absolute atomic E-state index is 12.5. The Morgan fingerprint density at radius 2 is 1.76 bits per heavy atom. The van der Waals surface area contributed by atoms with Gasteiger partial charge >= 0.3 is 5.97 Å². The maximum Gasteiger partial charge on any atom is 0.306 e. The van der Waals surface area contributed by atoms with Gasteiger partial charge in [0.2, 0.25) is 0 Å². The third-order valence-electron chi connectivity index (χ3n) is 11.7. The second-order valence-electron chi connectivity index (χ2n) is 13.7. The zero-order chi connectivity index (χ0) is 25.3. The van der Waals surface area contributed by atoms with Crippen molar-refractivity contribution in [2.45, 2.75) is 106 Å². The van der Waals surface area contributed by atoms with Crippen LogP contribution in [0.2, 0.25) is 0 Å². The molecule has 34 heavy (non-hydrogen) atoms. The molecular weight excluding hydrogens is 420 g/mol. The molecule has 3 heteroatoms. The van der Waals surface area contributed by atoms with Gasteiger partial charge in [-0.05, 0) is 102 Å². The minimum atomic E-state index is -0.630. The van der Waals surface area contributed by atoms with Gasteiger partial charge in [-0.15, -0.1) is 0 Å². The summed E-state index contributed by atoms with van der Waals surface area (Å²) >= 11 is 0. The number of aliphatic hydroxyl groups excluding tert-OH is 1. The first kappa shape index (κ1) is 25.7. The van der Waals surface area contributed by atoms with Crippen LogP contribution in [0.4, 0.5) is 0 Å². The normalized spacial score (nSPS) is 41.6. The average molecular weight is 469 g/mol. The molecule has 2 saturated carbocycles. The summed E-state index contributed by atoms with van der Waals surface area (Å²) in [5, 5.41) is 21.1. The van der Waals surface area contributed by atoms with Crippen molar-refractivity contribution in [2.75, 3.05) is 0 Å². The SMILES string of the molecule is C=C(CC[C@@H](C(=O)O)[C@H]1CC[C@@]2(C)C3=CCC4C(C)(C)[C@H](O)CC[C@]4(C)C3=CC[C@]12C)C(C)C. The van der Waals surface area contributed by atoms with E-state index in [0.29, 0.717) is 18.3 Å². The van der Waals surface area contributed by atoms with E-state index in [1.807, 2.05) is 0 Å². The van der Waals surface area contributed by atoms with E-state index < -0.39 is 5.97 Å². The molecule has 0 aromatic carbocycles. The molecule has 0 aromatic heterocycles. The van der Waals surface area contributed by atoms with Crippen LogP contribution in [0.15, 0.2) is 35.5 Å². The molecule has 0 radical (unpaired) electrons. The lowest BCUT2D eigenvalue weighted by atomic mass is 9.44. The Hall–Kier alpha value is -1.35. The van der Waals surface area contributed by atoms with Gasteiger partial charge in [0.15, 0.2) is 0 Å². The quantitative estimate of drug-likeness (QED) is 0.395. The zero-order valence-electron chi connectivity index (χ0n) is 22.7. The fourth-order valence-corrected chi connectivity index (χ4v) is 8.80. The van der Waals surface area contributed by atoms with Gasteiger partial charge in [0.25, 0.3) is 0 Å². The molecule has 0 heterocycles. The summed E-state index contributed by atoms with van der Waals surface area (Å²) in [4.78, 5) is 12.5. The summed E-state index contributed by atoms with van der Waals surface area (Å²) in [5.41, 5.74) is 4.16. The van der Waals surface area contributed by atoms with Crippen molar-refractivity contribution in [1.29, 1.82) is 0 Å². The first-order valence-electron chi connectivity index (χ1n) is 13.7. The van der Waals surface area contributed by atoms with Crippen molar-refractivity contribution in [1.82, 2.24) is 0 Å². The van der Waals surface area contributed by atoms with E-state index in [1.165, 1.54) is 16.7 Å². The number of aliphatic carboxylic acids is 1. The molecule has 190 valence electrons. The number of carboxylic acids is 1. The minimum absolute atomic E-state index is 0.0126. The number of hydrogen-bond donors (Lipinski definition) is 2. The summed E-state index contributed by atoms with van der Waals surface area (Å²) in [5.74, 6) is 0.0861. The van der Waals surface area contributed by atoms with E-state index in [1.54, 1.807) is 0 Å². The Morgan fingerprint density at radius 1 is 1.09 bits per heavy atom. The summed E-state index contributed by atoms with van der Waals surface area (Å²) in [6, 6.07) is 0. The van der Waals surface area contributed by atoms with E-state index in [2.05, 4.69) is 67.2 Å². The Labute approximate surface area is 207 Å². The van der Waals surface area contributed by atoms with Gasteiger partial charge in [-0.25, -0.2) is 0 Å². The van der Waals surface area contributed by atoms with Crippen LogP contribution in [0, 0.1) is 45.3 Å². The molecule has 0 saturated heterocycles. The van der Waals surface area contributed by atoms with Crippen LogP contribution in [-0.2, 0) is 4.79 Å². The van der Waals surface area contributed by atoms with E-state index in [9.17, 15) is 15.0 Å². The Morgan fingerprint density at radius 3 is 2.38 bits per heavy atom. The lowest BCUT2D eigenvalue weighted by molar-refractivity contribution is -0.146. The molecule has 4 aliphatic carbocycles. The molecule has 3 nitrogen and oxygen atoms in total. The second-order valence-corrected chi connectivity index (χ2v) is 13.7. The molecule has 0 bridgehead atoms. The van der Waals surface area contributed by atoms with E-state index in [-0.39, 0.29) is 39.6 Å². The number of carboxylic acid groups (broad SMARTS) is 1. The van der Waals surface area contributed by atoms with Crippen LogP contribution in [0.3, 0.4) is 0 Å². The van der Waals surface area contributed by atoms with Crippen LogP contribution < -0.4 is 0 Å². The predicted molar refractivity (Wildman–Crippen MR) is 139 cm³/mol. The van der Waals surface area contributed by atoms with Gasteiger partial charge in [0, 0.05) is 0 Å². The largest absolute Gasteiger partial charge is 0.481 e. The van der Waals surface area contributed by atoms with Gasteiger partial charge in [0.1, 0.15) is 0 Å². The molecule has 0 aliphatic heterocycles. The van der Waals surface area contributed by atoms with Gasteiger partial charge in [-0.1, -0.05) is 72.8 Å². The second kappa shape index (κ2) is 8.36. The Balaban J connectivity index is 1.68. The van der Waals surface area contributed by atoms with Crippen molar-refractivity contribution in [3.63, 3.8) is 0 Å². The predicted octanol–water partition coefficient (Wildman–Crippen LogP) is 7.57. The monoisotopic (exact) mass is 468 g/mol. The highest BCUT2D eigenvalue weighted by Crippen LogP contribution is 2.71. The minimum Gasteiger partial charge on any atom is -0.481 e. The highest BCUT2D eigenvalue weighted by molar-refractivity contribution is 5.71. The lowest BCUT2D eigenvalue weighted by Gasteiger charge is -2.61. The van der Waals surface area contributed by atoms with Crippen LogP contribution in [0.25, 0.3) is 0 Å². The molecule has 2 fully saturated rings. The average Bonchev–Trinajstić information content (AvgIpc) is 3.02. The van der Waals surface area contributed by atoms with Gasteiger partial charge < -0.3 is 10.2 Å². The first-order chi connectivity index (χ1) is 15.7. The molecule has 2 N–H and O–H groups in total. The topological polar surface area (TPSA) is 57.5 Å². The highest BCUT2D eigenvalue weighted by atomic mass is 16.4. The fourth-order valence-electron chi connectivity index (χ4n) is 8.80. The van der Waals surface area contributed by atoms with Crippen LogP contribution in [-0.4, -0.2) is 22.3 Å². The molecule has 4 aliphatic rings. The van der Waals surface area contributed by atoms with Crippen LogP contribution in [0.1, 0.15) is 99.8 Å². The van der Waals surface area contributed by atoms with Crippen molar-refractivity contribution in [3.8, 4) is 0 Å². The van der Waals surface area contributed by atoms with Crippen molar-refractivity contribution in [2.24, 2.45) is 45.3 Å². The van der Waals surface area contributed by atoms with E-state index in [0.717, 1.165) is 44.9 Å². The molecule has 4 rings (SSSR count). The summed E-state index contributed by atoms with van der Waals surface area (Å²) < 4.78 is 0. The van der Waals surface area contributed by atoms with E-state index in [4.69, 9.17) is 0 Å². The standard InChI is InChI=1S/C31H48O3/c1-19(2)20(3)9-10-21(27(33)34)22-13-17-31(8)24-11-12-25-28(4,5)26(32)15-16-29(25,6)23(24)14-18-30(22,31)7/h11,14,19,21-22,25-26,32H,3,9-10,12-13,15-18H2,1-2,4-8H3,(H,33,34)/t21-,22-,25?,26-,29-,30-,31+/m1/s1. The van der Waals surface area contributed by atoms with Crippen LogP contribution in [0.5, 0.6) is 0 Å². The summed E-state index contributed by atoms with van der Waals surface area (Å²) in [6.45, 7) is 20.3. The number of rotatable bonds is 6. The van der Waals surface area contributed by atoms with Gasteiger partial charge in [-0.3, -0.25) is 4.79 Å². The van der Waals surface area contributed by atoms with Crippen molar-refractivity contribution >= 4 is 5.97 Å². The smallest absolute Gasteiger partial charge is 0.306 e. The third kappa shape index (κ3) is 3.51. The molecule has 0 amide bonds. The summed E-state index contributed by atoms with van der Waals surface area (Å²) in [7, 11) is 0. The van der Waals surface area contributed by atoms with Crippen molar-refractivity contribution < 1.29 is 15.0 Å². The molecule has 1 unspecified atom stereocenters. The Kier molecular flexibility index (Phi) is 6.32. The number of fused-ring (bicyclic) bond motifs is 5. The fraction of sp³-hybridized carbons (Fsp3) is 0.774. The highest BCUT2D eigenvalue weighted by Gasteiger charge is 2.63. The number of hydrogen-bond acceptors (Lipinski definition) is 2. The van der Waals surface area contributed by atoms with Gasteiger partial charge in [-0.2, -0.15) is 0 Å². The Bertz CT molecular complexity index is 923. The van der Waals surface area contributed by atoms with Gasteiger partial charge in [0.05, 0.1) is 12.0 Å². The molecular formula is C31H48O3. The molecule has 0 aromatic rings. The zero-order valence-corrected chi connectivity index (χ0v) is 22.7. The number of carbonyl (C=O) groups is 1.